The van der Waals surface area contributed by atoms with Crippen molar-refractivity contribution in [3.05, 3.63) is 94.7 Å². The summed E-state index contributed by atoms with van der Waals surface area (Å²) in [6, 6.07) is 13.8. The Hall–Kier alpha value is -3.75. The van der Waals surface area contributed by atoms with Crippen molar-refractivity contribution in [2.24, 2.45) is 10.7 Å². The van der Waals surface area contributed by atoms with Crippen molar-refractivity contribution in [3.63, 3.8) is 0 Å². The maximum absolute atomic E-state index is 11.9. The zero-order valence-corrected chi connectivity index (χ0v) is 17.7. The smallest absolute Gasteiger partial charge is 0.252 e. The maximum atomic E-state index is 11.9. The van der Waals surface area contributed by atoms with Gasteiger partial charge in [-0.05, 0) is 36.6 Å². The molecular weight excluding hydrogens is 402 g/mol. The predicted octanol–water partition coefficient (Wildman–Crippen LogP) is 2.29. The fourth-order valence-corrected chi connectivity index (χ4v) is 4.30. The molecule has 2 aromatic heterocycles. The molecule has 32 heavy (non-hydrogen) atoms. The number of hydrogen-bond acceptors (Lipinski definition) is 6. The van der Waals surface area contributed by atoms with Gasteiger partial charge in [-0.3, -0.25) is 24.8 Å². The van der Waals surface area contributed by atoms with E-state index in [0.717, 1.165) is 30.1 Å². The number of imidazole rings is 1. The first-order valence-electron chi connectivity index (χ1n) is 10.6. The third-order valence-corrected chi connectivity index (χ3v) is 5.82. The Morgan fingerprint density at radius 3 is 2.91 bits per heavy atom. The zero-order chi connectivity index (χ0) is 22.1. The van der Waals surface area contributed by atoms with E-state index in [4.69, 9.17) is 5.73 Å². The Balaban J connectivity index is 1.52. The van der Waals surface area contributed by atoms with Gasteiger partial charge in [0.15, 0.2) is 0 Å². The van der Waals surface area contributed by atoms with Crippen molar-refractivity contribution in [2.45, 2.75) is 32.2 Å². The van der Waals surface area contributed by atoms with E-state index >= 15 is 0 Å². The number of amides is 1. The van der Waals surface area contributed by atoms with E-state index in [0.29, 0.717) is 11.2 Å². The van der Waals surface area contributed by atoms with Gasteiger partial charge >= 0.3 is 0 Å². The largest absolute Gasteiger partial charge is 0.365 e. The summed E-state index contributed by atoms with van der Waals surface area (Å²) in [7, 11) is 0. The van der Waals surface area contributed by atoms with E-state index in [1.165, 1.54) is 11.1 Å². The molecule has 3 aromatic rings. The highest BCUT2D eigenvalue weighted by atomic mass is 16.1. The molecule has 8 nitrogen and oxygen atoms in total. The Kier molecular flexibility index (Phi) is 5.30. The van der Waals surface area contributed by atoms with Crippen molar-refractivity contribution in [2.75, 3.05) is 0 Å². The zero-order valence-electron chi connectivity index (χ0n) is 17.7. The van der Waals surface area contributed by atoms with Crippen LogP contribution in [-0.4, -0.2) is 27.7 Å². The molecule has 5 N–H and O–H groups in total. The number of fused-ring (bicyclic) bond motifs is 1. The lowest BCUT2D eigenvalue weighted by Gasteiger charge is -2.36. The summed E-state index contributed by atoms with van der Waals surface area (Å²) in [4.78, 5) is 20.9. The lowest BCUT2D eigenvalue weighted by Crippen LogP contribution is -2.54. The molecule has 2 atom stereocenters. The molecular formula is C24H25N7O. The summed E-state index contributed by atoms with van der Waals surface area (Å²) in [5.41, 5.74) is 11.7. The van der Waals surface area contributed by atoms with Crippen LogP contribution in [0.2, 0.25) is 0 Å². The average Bonchev–Trinajstić information content (AvgIpc) is 2.96. The van der Waals surface area contributed by atoms with Gasteiger partial charge in [0.25, 0.3) is 5.91 Å². The molecule has 0 aliphatic carbocycles. The van der Waals surface area contributed by atoms with E-state index in [9.17, 15) is 4.79 Å². The van der Waals surface area contributed by atoms with Crippen molar-refractivity contribution in [1.29, 1.82) is 0 Å². The van der Waals surface area contributed by atoms with Crippen LogP contribution in [0.1, 0.15) is 39.9 Å². The summed E-state index contributed by atoms with van der Waals surface area (Å²) < 4.78 is 1.92. The fraction of sp³-hybridized carbons (Fsp3) is 0.208. The number of benzene rings is 1. The number of aliphatic imine (C=N–C) groups is 1. The van der Waals surface area contributed by atoms with Gasteiger partial charge < -0.3 is 11.1 Å². The average molecular weight is 428 g/mol. The number of rotatable bonds is 5. The van der Waals surface area contributed by atoms with Gasteiger partial charge in [-0.15, -0.1) is 0 Å². The molecule has 0 saturated carbocycles. The highest BCUT2D eigenvalue weighted by molar-refractivity contribution is 5.98. The quantitative estimate of drug-likeness (QED) is 0.500. The number of primary amides is 1. The second-order valence-corrected chi connectivity index (χ2v) is 7.91. The number of nitrogens with zero attached hydrogens (tertiary/aromatic N) is 3. The number of aromatic nitrogens is 2. The summed E-state index contributed by atoms with van der Waals surface area (Å²) in [5, 5.41) is 10.9. The normalized spacial score (nSPS) is 20.2. The van der Waals surface area contributed by atoms with Crippen molar-refractivity contribution in [1.82, 2.24) is 25.3 Å². The van der Waals surface area contributed by atoms with Gasteiger partial charge in [-0.1, -0.05) is 36.4 Å². The van der Waals surface area contributed by atoms with E-state index in [-0.39, 0.29) is 12.3 Å². The van der Waals surface area contributed by atoms with Crippen molar-refractivity contribution >= 4 is 17.8 Å². The summed E-state index contributed by atoms with van der Waals surface area (Å²) in [6.45, 7) is 2.66. The van der Waals surface area contributed by atoms with Gasteiger partial charge in [0.1, 0.15) is 11.8 Å². The van der Waals surface area contributed by atoms with Crippen molar-refractivity contribution < 1.29 is 4.79 Å². The molecule has 0 spiro atoms. The molecule has 5 rings (SSSR count). The molecule has 1 amide bonds. The van der Waals surface area contributed by atoms with E-state index in [1.807, 2.05) is 54.2 Å². The molecule has 2 unspecified atom stereocenters. The van der Waals surface area contributed by atoms with Gasteiger partial charge in [0.05, 0.1) is 35.0 Å². The van der Waals surface area contributed by atoms with Gasteiger partial charge in [0.2, 0.25) is 0 Å². The minimum absolute atomic E-state index is 0.0741. The molecule has 162 valence electrons. The molecule has 4 heterocycles. The van der Waals surface area contributed by atoms with Crippen LogP contribution in [0.5, 0.6) is 0 Å². The minimum Gasteiger partial charge on any atom is -0.365 e. The lowest BCUT2D eigenvalue weighted by atomic mass is 10.0. The molecule has 2 aliphatic rings. The number of allylic oxidation sites excluding steroid dienone is 2. The van der Waals surface area contributed by atoms with Crippen LogP contribution < -0.4 is 21.7 Å². The van der Waals surface area contributed by atoms with E-state index in [1.54, 1.807) is 6.07 Å². The number of nitrogens with one attached hydrogen (secondary N) is 3. The molecule has 0 radical (unpaired) electrons. The lowest BCUT2D eigenvalue weighted by molar-refractivity contribution is 0.100. The molecule has 0 bridgehead atoms. The predicted molar refractivity (Wildman–Crippen MR) is 124 cm³/mol. The van der Waals surface area contributed by atoms with Crippen LogP contribution in [0, 0.1) is 6.92 Å². The first kappa shape index (κ1) is 20.2. The number of hydrogen-bond donors (Lipinski definition) is 4. The second-order valence-electron chi connectivity index (χ2n) is 7.91. The molecule has 2 aliphatic heterocycles. The number of carbonyl (C=O) groups is 1. The van der Waals surface area contributed by atoms with Crippen LogP contribution in [0.4, 0.5) is 0 Å². The topological polar surface area (TPSA) is 109 Å². The summed E-state index contributed by atoms with van der Waals surface area (Å²) in [5.74, 6) is -0.494. The SMILES string of the molecule is Cc1nc2c(C(N)=O)cccn2c1C1NC2=C(CC=CN=C2)C(NCc2ccccc2)N1. The Labute approximate surface area is 185 Å². The summed E-state index contributed by atoms with van der Waals surface area (Å²) >= 11 is 0. The fourth-order valence-electron chi connectivity index (χ4n) is 4.30. The van der Waals surface area contributed by atoms with Crippen molar-refractivity contribution in [3.8, 4) is 0 Å². The molecule has 1 aromatic carbocycles. The number of pyridine rings is 1. The Morgan fingerprint density at radius 2 is 2.09 bits per heavy atom. The first-order valence-corrected chi connectivity index (χ1v) is 10.6. The number of aryl methyl sites for hydroxylation is 1. The van der Waals surface area contributed by atoms with Gasteiger partial charge in [0, 0.05) is 18.9 Å². The van der Waals surface area contributed by atoms with Gasteiger partial charge in [-0.2, -0.15) is 0 Å². The second kappa shape index (κ2) is 8.41. The van der Waals surface area contributed by atoms with E-state index in [2.05, 4.69) is 44.1 Å². The van der Waals surface area contributed by atoms with Gasteiger partial charge in [-0.25, -0.2) is 4.98 Å². The van der Waals surface area contributed by atoms with E-state index < -0.39 is 5.91 Å². The third kappa shape index (κ3) is 3.70. The molecule has 0 fully saturated rings. The maximum Gasteiger partial charge on any atom is 0.252 e. The third-order valence-electron chi connectivity index (χ3n) is 5.82. The standard InChI is InChI=1S/C24H25N7O/c1-15-20(31-12-6-10-18(21(25)32)24(31)28-15)23-29-19-14-26-11-5-9-17(19)22(30-23)27-13-16-7-3-2-4-8-16/h2-8,10-12,14,22-23,27,29-30H,9,13H2,1H3,(H2,25,32). The Morgan fingerprint density at radius 1 is 1.25 bits per heavy atom. The van der Waals surface area contributed by atoms with Crippen LogP contribution in [0.3, 0.4) is 0 Å². The van der Waals surface area contributed by atoms with Crippen LogP contribution in [-0.2, 0) is 6.54 Å². The summed E-state index contributed by atoms with van der Waals surface area (Å²) in [6.07, 6.45) is 8.10. The van der Waals surface area contributed by atoms with Crippen LogP contribution in [0.25, 0.3) is 5.65 Å². The molecule has 0 saturated heterocycles. The highest BCUT2D eigenvalue weighted by Crippen LogP contribution is 2.27. The minimum atomic E-state index is -0.494. The molecule has 8 heteroatoms. The van der Waals surface area contributed by atoms with Crippen LogP contribution in [0.15, 0.2) is 77.2 Å². The first-order chi connectivity index (χ1) is 15.6. The monoisotopic (exact) mass is 427 g/mol. The van der Waals surface area contributed by atoms with Crippen LogP contribution >= 0.6 is 0 Å². The Bertz CT molecular complexity index is 1260. The number of carbonyl (C=O) groups excluding carboxylic acids is 1. The highest BCUT2D eigenvalue weighted by Gasteiger charge is 2.31. The number of nitrogens with two attached hydrogens (primary N) is 1.